The normalized spacial score (nSPS) is 10.5. The number of hydrogen-bond acceptors (Lipinski definition) is 5. The molecule has 0 aliphatic carbocycles. The third-order valence-electron chi connectivity index (χ3n) is 2.79. The highest BCUT2D eigenvalue weighted by Crippen LogP contribution is 2.28. The minimum Gasteiger partial charge on any atom is -0.495 e. The van der Waals surface area contributed by atoms with Crippen LogP contribution in [-0.4, -0.2) is 28.4 Å². The molecule has 1 aromatic heterocycles. The van der Waals surface area contributed by atoms with E-state index >= 15 is 0 Å². The van der Waals surface area contributed by atoms with Crippen LogP contribution < -0.4 is 15.8 Å². The van der Waals surface area contributed by atoms with Gasteiger partial charge >= 0.3 is 0 Å². The monoisotopic (exact) mass is 265 g/mol. The fourth-order valence-corrected chi connectivity index (χ4v) is 1.72. The lowest BCUT2D eigenvalue weighted by molar-refractivity contribution is 0.416. The van der Waals surface area contributed by atoms with Crippen LogP contribution >= 0.6 is 0 Å². The van der Waals surface area contributed by atoms with Crippen LogP contribution in [0.2, 0.25) is 0 Å². The van der Waals surface area contributed by atoms with Gasteiger partial charge in [0.1, 0.15) is 23.7 Å². The Morgan fingerprint density at radius 3 is 2.89 bits per heavy atom. The van der Waals surface area contributed by atoms with Gasteiger partial charge in [-0.3, -0.25) is 0 Å². The largest absolute Gasteiger partial charge is 0.495 e. The van der Waals surface area contributed by atoms with Gasteiger partial charge in [0.05, 0.1) is 18.5 Å². The van der Waals surface area contributed by atoms with Crippen molar-refractivity contribution in [3.8, 4) is 5.75 Å². The Labute approximate surface area is 110 Å². The Morgan fingerprint density at radius 2 is 2.26 bits per heavy atom. The van der Waals surface area contributed by atoms with E-state index in [-0.39, 0.29) is 5.69 Å². The number of rotatable bonds is 5. The standard InChI is InChI=1S/C12H16FN5O/c1-18-7-16-17-12(18)3-4-15-10-6-11(19-2)9(14)5-8(10)13/h5-7,15H,3-4,14H2,1-2H3. The topological polar surface area (TPSA) is 78.0 Å². The lowest BCUT2D eigenvalue weighted by Gasteiger charge is -2.11. The molecule has 0 bridgehead atoms. The van der Waals surface area contributed by atoms with Crippen LogP contribution in [-0.2, 0) is 13.5 Å². The molecular formula is C12H16FN5O. The second kappa shape index (κ2) is 5.55. The first-order chi connectivity index (χ1) is 9.11. The second-order valence-electron chi connectivity index (χ2n) is 4.11. The summed E-state index contributed by atoms with van der Waals surface area (Å²) in [5.74, 6) is 0.870. The predicted molar refractivity (Wildman–Crippen MR) is 70.6 cm³/mol. The number of ether oxygens (including phenoxy) is 1. The molecule has 0 aliphatic heterocycles. The maximum atomic E-state index is 13.7. The SMILES string of the molecule is COc1cc(NCCc2nncn2C)c(F)cc1N. The minimum atomic E-state index is -0.406. The average Bonchev–Trinajstić information content (AvgIpc) is 2.78. The van der Waals surface area contributed by atoms with Crippen molar-refractivity contribution in [1.29, 1.82) is 0 Å². The van der Waals surface area contributed by atoms with E-state index in [1.807, 2.05) is 11.6 Å². The maximum absolute atomic E-state index is 13.7. The highest BCUT2D eigenvalue weighted by molar-refractivity contribution is 5.62. The van der Waals surface area contributed by atoms with Crippen LogP contribution in [0.25, 0.3) is 0 Å². The Kier molecular flexibility index (Phi) is 3.84. The van der Waals surface area contributed by atoms with E-state index in [2.05, 4.69) is 15.5 Å². The van der Waals surface area contributed by atoms with Gasteiger partial charge in [-0.1, -0.05) is 0 Å². The molecule has 0 unspecified atom stereocenters. The molecule has 6 nitrogen and oxygen atoms in total. The maximum Gasteiger partial charge on any atom is 0.148 e. The van der Waals surface area contributed by atoms with Crippen LogP contribution in [0.1, 0.15) is 5.82 Å². The molecule has 102 valence electrons. The van der Waals surface area contributed by atoms with Crippen molar-refractivity contribution >= 4 is 11.4 Å². The number of nitrogens with two attached hydrogens (primary N) is 1. The van der Waals surface area contributed by atoms with Gasteiger partial charge in [0.25, 0.3) is 0 Å². The molecular weight excluding hydrogens is 249 g/mol. The zero-order chi connectivity index (χ0) is 13.8. The summed E-state index contributed by atoms with van der Waals surface area (Å²) in [5, 5.41) is 10.7. The Bertz CT molecular complexity index is 569. The van der Waals surface area contributed by atoms with Gasteiger partial charge in [-0.2, -0.15) is 0 Å². The fourth-order valence-electron chi connectivity index (χ4n) is 1.72. The molecule has 1 aromatic carbocycles. The fraction of sp³-hybridized carbons (Fsp3) is 0.333. The van der Waals surface area contributed by atoms with Crippen molar-refractivity contribution < 1.29 is 9.13 Å². The number of aromatic nitrogens is 3. The van der Waals surface area contributed by atoms with Gasteiger partial charge in [0.15, 0.2) is 0 Å². The zero-order valence-corrected chi connectivity index (χ0v) is 10.9. The molecule has 2 rings (SSSR count). The highest BCUT2D eigenvalue weighted by Gasteiger charge is 2.08. The van der Waals surface area contributed by atoms with Crippen molar-refractivity contribution in [2.24, 2.45) is 7.05 Å². The highest BCUT2D eigenvalue weighted by atomic mass is 19.1. The summed E-state index contributed by atoms with van der Waals surface area (Å²) in [6.45, 7) is 0.538. The van der Waals surface area contributed by atoms with Crippen molar-refractivity contribution in [2.75, 3.05) is 24.7 Å². The lowest BCUT2D eigenvalue weighted by atomic mass is 10.2. The predicted octanol–water partition coefficient (Wildman–Crippen LogP) is 1.20. The Hall–Kier alpha value is -2.31. The van der Waals surface area contributed by atoms with Gasteiger partial charge in [-0.15, -0.1) is 10.2 Å². The Morgan fingerprint density at radius 1 is 1.47 bits per heavy atom. The first-order valence-corrected chi connectivity index (χ1v) is 5.81. The number of hydrogen-bond donors (Lipinski definition) is 2. The average molecular weight is 265 g/mol. The number of nitrogen functional groups attached to an aromatic ring is 1. The molecule has 0 spiro atoms. The van der Waals surface area contributed by atoms with E-state index in [0.29, 0.717) is 24.4 Å². The van der Waals surface area contributed by atoms with E-state index < -0.39 is 5.82 Å². The minimum absolute atomic E-state index is 0.277. The molecule has 3 N–H and O–H groups in total. The van der Waals surface area contributed by atoms with Gasteiger partial charge < -0.3 is 20.4 Å². The van der Waals surface area contributed by atoms with Crippen molar-refractivity contribution in [3.63, 3.8) is 0 Å². The van der Waals surface area contributed by atoms with Crippen molar-refractivity contribution in [2.45, 2.75) is 6.42 Å². The number of nitrogens with zero attached hydrogens (tertiary/aromatic N) is 3. The molecule has 0 atom stereocenters. The molecule has 2 aromatic rings. The van der Waals surface area contributed by atoms with E-state index in [4.69, 9.17) is 10.5 Å². The third kappa shape index (κ3) is 2.93. The van der Waals surface area contributed by atoms with E-state index in [1.165, 1.54) is 13.2 Å². The molecule has 0 radical (unpaired) electrons. The van der Waals surface area contributed by atoms with Crippen LogP contribution in [0, 0.1) is 5.82 Å². The van der Waals surface area contributed by atoms with E-state index in [9.17, 15) is 4.39 Å². The summed E-state index contributed by atoms with van der Waals surface area (Å²) in [7, 11) is 3.36. The quantitative estimate of drug-likeness (QED) is 0.794. The summed E-state index contributed by atoms with van der Waals surface area (Å²) in [6, 6.07) is 2.78. The molecule has 0 saturated heterocycles. The number of nitrogens with one attached hydrogen (secondary N) is 1. The molecule has 19 heavy (non-hydrogen) atoms. The van der Waals surface area contributed by atoms with Crippen LogP contribution in [0.4, 0.5) is 15.8 Å². The zero-order valence-electron chi connectivity index (χ0n) is 10.9. The van der Waals surface area contributed by atoms with Crippen LogP contribution in [0.5, 0.6) is 5.75 Å². The first-order valence-electron chi connectivity index (χ1n) is 5.81. The summed E-state index contributed by atoms with van der Waals surface area (Å²) in [4.78, 5) is 0. The molecule has 1 heterocycles. The number of aryl methyl sites for hydroxylation is 1. The first kappa shape index (κ1) is 13.1. The van der Waals surface area contributed by atoms with Crippen LogP contribution in [0.3, 0.4) is 0 Å². The third-order valence-corrected chi connectivity index (χ3v) is 2.79. The second-order valence-corrected chi connectivity index (χ2v) is 4.11. The van der Waals surface area contributed by atoms with Gasteiger partial charge in [0.2, 0.25) is 0 Å². The van der Waals surface area contributed by atoms with Crippen molar-refractivity contribution in [3.05, 3.63) is 30.1 Å². The smallest absolute Gasteiger partial charge is 0.148 e. The summed E-state index contributed by atoms with van der Waals surface area (Å²) >= 11 is 0. The Balaban J connectivity index is 2.01. The van der Waals surface area contributed by atoms with Crippen LogP contribution in [0.15, 0.2) is 18.5 Å². The van der Waals surface area contributed by atoms with Gasteiger partial charge in [-0.05, 0) is 0 Å². The molecule has 7 heteroatoms. The summed E-state index contributed by atoms with van der Waals surface area (Å²) in [5.41, 5.74) is 6.24. The van der Waals surface area contributed by atoms with Crippen molar-refractivity contribution in [1.82, 2.24) is 14.8 Å². The summed E-state index contributed by atoms with van der Waals surface area (Å²) < 4.78 is 20.6. The molecule has 0 saturated carbocycles. The number of halogens is 1. The lowest BCUT2D eigenvalue weighted by Crippen LogP contribution is -2.10. The molecule has 0 aliphatic rings. The number of methoxy groups -OCH3 is 1. The summed E-state index contributed by atoms with van der Waals surface area (Å²) in [6.07, 6.45) is 2.27. The molecule has 0 fully saturated rings. The van der Waals surface area contributed by atoms with Gasteiger partial charge in [-0.25, -0.2) is 4.39 Å². The van der Waals surface area contributed by atoms with Gasteiger partial charge in [0, 0.05) is 32.1 Å². The number of anilines is 2. The number of benzene rings is 1. The van der Waals surface area contributed by atoms with E-state index in [0.717, 1.165) is 5.82 Å². The molecule has 0 amide bonds. The van der Waals surface area contributed by atoms with E-state index in [1.54, 1.807) is 12.4 Å².